The number of carbonyl (C=O) groups is 2. The molecule has 2 N–H and O–H groups in total. The second-order valence-corrected chi connectivity index (χ2v) is 7.50. The summed E-state index contributed by atoms with van der Waals surface area (Å²) in [5, 5.41) is 6.23. The second-order valence-electron chi connectivity index (χ2n) is 7.50. The van der Waals surface area contributed by atoms with E-state index in [0.717, 1.165) is 23.5 Å². The lowest BCUT2D eigenvalue weighted by Crippen LogP contribution is -2.33. The van der Waals surface area contributed by atoms with Crippen LogP contribution in [-0.4, -0.2) is 24.9 Å². The van der Waals surface area contributed by atoms with Gasteiger partial charge in [-0.3, -0.25) is 9.59 Å². The zero-order chi connectivity index (χ0) is 20.1. The van der Waals surface area contributed by atoms with Gasteiger partial charge in [-0.05, 0) is 48.2 Å². The number of nitrogens with one attached hydrogen (secondary N) is 2. The minimum Gasteiger partial charge on any atom is -0.325 e. The molecule has 1 fully saturated rings. The van der Waals surface area contributed by atoms with Crippen molar-refractivity contribution in [1.82, 2.24) is 5.32 Å². The summed E-state index contributed by atoms with van der Waals surface area (Å²) in [5.74, 6) is -0.546. The topological polar surface area (TPSA) is 61.4 Å². The Hall–Kier alpha value is -2.37. The lowest BCUT2D eigenvalue weighted by Gasteiger charge is -2.18. The first-order valence-corrected chi connectivity index (χ1v) is 10.0. The van der Waals surface area contributed by atoms with Crippen LogP contribution in [0.5, 0.6) is 0 Å². The first-order chi connectivity index (χ1) is 13.5. The van der Waals surface area contributed by atoms with Gasteiger partial charge >= 0.3 is 0 Å². The van der Waals surface area contributed by atoms with E-state index in [1.54, 1.807) is 4.90 Å². The van der Waals surface area contributed by atoms with Crippen molar-refractivity contribution in [1.29, 1.82) is 0 Å². The molecule has 2 aromatic rings. The number of nitrogens with zero attached hydrogens (tertiary/aromatic N) is 1. The number of benzene rings is 2. The highest BCUT2D eigenvalue weighted by Gasteiger charge is 2.37. The summed E-state index contributed by atoms with van der Waals surface area (Å²) in [7, 11) is 0. The largest absolute Gasteiger partial charge is 0.325 e. The predicted molar refractivity (Wildman–Crippen MR) is 121 cm³/mol. The molecule has 0 aliphatic carbocycles. The summed E-state index contributed by atoms with van der Waals surface area (Å²) in [6, 6.07) is 15.8. The highest BCUT2D eigenvalue weighted by Crippen LogP contribution is 2.28. The maximum absolute atomic E-state index is 12.9. The van der Waals surface area contributed by atoms with Gasteiger partial charge in [-0.15, -0.1) is 12.4 Å². The van der Waals surface area contributed by atoms with Crippen molar-refractivity contribution in [2.24, 2.45) is 5.92 Å². The third-order valence-electron chi connectivity index (χ3n) is 5.23. The lowest BCUT2D eigenvalue weighted by molar-refractivity contribution is -0.129. The SMILES string of the molecule is CCNCc1ccccc1NC(=O)C1CCN(c2ccc(C(C)C)cc2)C1=O.Cl. The Kier molecular flexibility index (Phi) is 8.23. The molecule has 156 valence electrons. The molecule has 0 aromatic heterocycles. The fraction of sp³-hybridized carbons (Fsp3) is 0.391. The average molecular weight is 416 g/mol. The van der Waals surface area contributed by atoms with E-state index in [9.17, 15) is 9.59 Å². The molecule has 5 nitrogen and oxygen atoms in total. The van der Waals surface area contributed by atoms with Crippen molar-refractivity contribution in [3.05, 3.63) is 59.7 Å². The predicted octanol–water partition coefficient (Wildman–Crippen LogP) is 4.33. The van der Waals surface area contributed by atoms with E-state index in [4.69, 9.17) is 0 Å². The van der Waals surface area contributed by atoms with E-state index >= 15 is 0 Å². The van der Waals surface area contributed by atoms with Gasteiger partial charge in [-0.2, -0.15) is 0 Å². The van der Waals surface area contributed by atoms with E-state index < -0.39 is 5.92 Å². The van der Waals surface area contributed by atoms with Crippen molar-refractivity contribution in [3.63, 3.8) is 0 Å². The summed E-state index contributed by atoms with van der Waals surface area (Å²) < 4.78 is 0. The zero-order valence-corrected chi connectivity index (χ0v) is 18.1. The van der Waals surface area contributed by atoms with Crippen molar-refractivity contribution < 1.29 is 9.59 Å². The summed E-state index contributed by atoms with van der Waals surface area (Å²) in [6.45, 7) is 8.43. The number of carbonyl (C=O) groups excluding carboxylic acids is 2. The van der Waals surface area contributed by atoms with Crippen LogP contribution in [0.1, 0.15) is 44.2 Å². The highest BCUT2D eigenvalue weighted by molar-refractivity contribution is 6.13. The Labute approximate surface area is 179 Å². The van der Waals surface area contributed by atoms with Crippen LogP contribution in [0.2, 0.25) is 0 Å². The molecule has 3 rings (SSSR count). The Morgan fingerprint density at radius 2 is 1.83 bits per heavy atom. The van der Waals surface area contributed by atoms with Crippen molar-refractivity contribution in [3.8, 4) is 0 Å². The standard InChI is InChI=1S/C23H29N3O2.ClH/c1-4-24-15-18-7-5-6-8-21(18)25-22(27)20-13-14-26(23(20)28)19-11-9-17(10-12-19)16(2)3;/h5-12,16,20,24H,4,13-15H2,1-3H3,(H,25,27);1H. The van der Waals surface area contributed by atoms with Crippen LogP contribution < -0.4 is 15.5 Å². The summed E-state index contributed by atoms with van der Waals surface area (Å²) in [4.78, 5) is 27.4. The third kappa shape index (κ3) is 5.37. The third-order valence-corrected chi connectivity index (χ3v) is 5.23. The molecule has 6 heteroatoms. The van der Waals surface area contributed by atoms with Crippen LogP contribution in [0.4, 0.5) is 11.4 Å². The molecule has 1 unspecified atom stereocenters. The van der Waals surface area contributed by atoms with E-state index in [0.29, 0.717) is 25.4 Å². The van der Waals surface area contributed by atoms with Gasteiger partial charge in [0.15, 0.2) is 0 Å². The molecule has 2 amide bonds. The molecule has 1 aliphatic rings. The fourth-order valence-corrected chi connectivity index (χ4v) is 3.49. The smallest absolute Gasteiger partial charge is 0.239 e. The van der Waals surface area contributed by atoms with Crippen molar-refractivity contribution in [2.45, 2.75) is 39.7 Å². The van der Waals surface area contributed by atoms with Gasteiger partial charge in [0.2, 0.25) is 11.8 Å². The molecule has 1 atom stereocenters. The van der Waals surface area contributed by atoms with E-state index in [1.165, 1.54) is 5.56 Å². The summed E-state index contributed by atoms with van der Waals surface area (Å²) in [6.07, 6.45) is 0.534. The van der Waals surface area contributed by atoms with Gasteiger partial charge in [0.25, 0.3) is 0 Å². The number of hydrogen-bond donors (Lipinski definition) is 2. The number of rotatable bonds is 7. The van der Waals surface area contributed by atoms with Crippen LogP contribution in [-0.2, 0) is 16.1 Å². The first kappa shape index (κ1) is 22.9. The molecule has 0 saturated carbocycles. The van der Waals surface area contributed by atoms with Crippen LogP contribution in [0, 0.1) is 5.92 Å². The van der Waals surface area contributed by atoms with Gasteiger partial charge in [0.05, 0.1) is 0 Å². The number of amides is 2. The molecule has 29 heavy (non-hydrogen) atoms. The number of halogens is 1. The molecule has 0 bridgehead atoms. The van der Waals surface area contributed by atoms with Crippen LogP contribution in [0.3, 0.4) is 0 Å². The minimum absolute atomic E-state index is 0. The van der Waals surface area contributed by atoms with Gasteiger partial charge in [0, 0.05) is 24.5 Å². The molecule has 0 spiro atoms. The Balaban J connectivity index is 0.00000300. The lowest BCUT2D eigenvalue weighted by atomic mass is 10.0. The molecular formula is C23H30ClN3O2. The van der Waals surface area contributed by atoms with Gasteiger partial charge in [-0.1, -0.05) is 51.1 Å². The van der Waals surface area contributed by atoms with Crippen LogP contribution in [0.15, 0.2) is 48.5 Å². The van der Waals surface area contributed by atoms with Crippen LogP contribution >= 0.6 is 12.4 Å². The molecule has 2 aromatic carbocycles. The maximum atomic E-state index is 12.9. The second kappa shape index (κ2) is 10.4. The zero-order valence-electron chi connectivity index (χ0n) is 17.3. The fourth-order valence-electron chi connectivity index (χ4n) is 3.49. The molecule has 0 radical (unpaired) electrons. The van der Waals surface area contributed by atoms with E-state index in [2.05, 4.69) is 36.6 Å². The number of hydrogen-bond acceptors (Lipinski definition) is 3. The summed E-state index contributed by atoms with van der Waals surface area (Å²) >= 11 is 0. The van der Waals surface area contributed by atoms with Crippen molar-refractivity contribution in [2.75, 3.05) is 23.3 Å². The Morgan fingerprint density at radius 3 is 2.48 bits per heavy atom. The van der Waals surface area contributed by atoms with Gasteiger partial charge in [0.1, 0.15) is 5.92 Å². The molecule has 1 aliphatic heterocycles. The maximum Gasteiger partial charge on any atom is 0.239 e. The average Bonchev–Trinajstić information content (AvgIpc) is 3.09. The Morgan fingerprint density at radius 1 is 1.14 bits per heavy atom. The highest BCUT2D eigenvalue weighted by atomic mass is 35.5. The van der Waals surface area contributed by atoms with E-state index in [-0.39, 0.29) is 24.2 Å². The van der Waals surface area contributed by atoms with Gasteiger partial charge in [-0.25, -0.2) is 0 Å². The number of para-hydroxylation sites is 1. The van der Waals surface area contributed by atoms with E-state index in [1.807, 2.05) is 43.3 Å². The molecular weight excluding hydrogens is 386 g/mol. The molecule has 1 heterocycles. The first-order valence-electron chi connectivity index (χ1n) is 10.0. The number of anilines is 2. The van der Waals surface area contributed by atoms with Gasteiger partial charge < -0.3 is 15.5 Å². The monoisotopic (exact) mass is 415 g/mol. The Bertz CT molecular complexity index is 836. The quantitative estimate of drug-likeness (QED) is 0.661. The van der Waals surface area contributed by atoms with Crippen LogP contribution in [0.25, 0.3) is 0 Å². The normalized spacial score (nSPS) is 16.1. The molecule has 1 saturated heterocycles. The van der Waals surface area contributed by atoms with Crippen molar-refractivity contribution >= 4 is 35.6 Å². The summed E-state index contributed by atoms with van der Waals surface area (Å²) in [5.41, 5.74) is 3.88. The minimum atomic E-state index is -0.642.